The highest BCUT2D eigenvalue weighted by molar-refractivity contribution is 7.98. The first-order valence-corrected chi connectivity index (χ1v) is 6.86. The maximum Gasteiger partial charge on any atom is -0.00465 e. The Morgan fingerprint density at radius 2 is 1.85 bits per heavy atom. The largest absolute Gasteiger partial charge is 0.317 e. The number of nitrogens with one attached hydrogen (secondary N) is 1. The van der Waals surface area contributed by atoms with Gasteiger partial charge in [0.1, 0.15) is 0 Å². The summed E-state index contributed by atoms with van der Waals surface area (Å²) < 4.78 is 0. The van der Waals surface area contributed by atoms with Crippen molar-refractivity contribution >= 4 is 11.8 Å². The van der Waals surface area contributed by atoms with Crippen molar-refractivity contribution in [2.75, 3.05) is 25.1 Å². The van der Waals surface area contributed by atoms with Gasteiger partial charge in [-0.3, -0.25) is 0 Å². The molecule has 13 heavy (non-hydrogen) atoms. The summed E-state index contributed by atoms with van der Waals surface area (Å²) in [4.78, 5) is 0. The van der Waals surface area contributed by atoms with Gasteiger partial charge in [0.15, 0.2) is 0 Å². The SMILES string of the molecule is CSCCCCCNCCC(C)C. The van der Waals surface area contributed by atoms with Gasteiger partial charge in [0.05, 0.1) is 0 Å². The van der Waals surface area contributed by atoms with Crippen molar-refractivity contribution < 1.29 is 0 Å². The zero-order chi connectivity index (χ0) is 9.94. The molecule has 0 aromatic rings. The Morgan fingerprint density at radius 3 is 2.46 bits per heavy atom. The molecule has 0 aromatic heterocycles. The lowest BCUT2D eigenvalue weighted by molar-refractivity contribution is 0.526. The van der Waals surface area contributed by atoms with Crippen LogP contribution in [0.5, 0.6) is 0 Å². The standard InChI is InChI=1S/C11H25NS/c1-11(2)7-9-12-8-5-4-6-10-13-3/h11-12H,4-10H2,1-3H3. The first-order chi connectivity index (χ1) is 6.27. The van der Waals surface area contributed by atoms with Gasteiger partial charge in [-0.25, -0.2) is 0 Å². The third-order valence-electron chi connectivity index (χ3n) is 2.10. The second kappa shape index (κ2) is 10.4. The fraction of sp³-hybridized carbons (Fsp3) is 1.00. The van der Waals surface area contributed by atoms with Gasteiger partial charge in [-0.15, -0.1) is 0 Å². The van der Waals surface area contributed by atoms with Crippen molar-refractivity contribution in [3.8, 4) is 0 Å². The summed E-state index contributed by atoms with van der Waals surface area (Å²) in [6.07, 6.45) is 7.60. The minimum absolute atomic E-state index is 0.837. The molecule has 0 saturated carbocycles. The summed E-state index contributed by atoms with van der Waals surface area (Å²) in [6, 6.07) is 0. The Labute approximate surface area is 88.1 Å². The average molecular weight is 203 g/mol. The molecular formula is C11H25NS. The molecule has 2 heteroatoms. The van der Waals surface area contributed by atoms with Crippen LogP contribution in [0.2, 0.25) is 0 Å². The van der Waals surface area contributed by atoms with Gasteiger partial charge >= 0.3 is 0 Å². The highest BCUT2D eigenvalue weighted by Crippen LogP contribution is 2.01. The van der Waals surface area contributed by atoms with Crippen LogP contribution in [0.1, 0.15) is 39.5 Å². The Bertz CT molecular complexity index is 94.1. The van der Waals surface area contributed by atoms with E-state index in [9.17, 15) is 0 Å². The zero-order valence-electron chi connectivity index (χ0n) is 9.44. The third kappa shape index (κ3) is 12.3. The molecule has 1 nitrogen and oxygen atoms in total. The van der Waals surface area contributed by atoms with Gasteiger partial charge in [-0.05, 0) is 50.3 Å². The number of thioether (sulfide) groups is 1. The van der Waals surface area contributed by atoms with Crippen LogP contribution in [0.25, 0.3) is 0 Å². The van der Waals surface area contributed by atoms with Gasteiger partial charge in [-0.2, -0.15) is 11.8 Å². The molecule has 0 amide bonds. The van der Waals surface area contributed by atoms with Crippen LogP contribution in [-0.2, 0) is 0 Å². The van der Waals surface area contributed by atoms with Crippen molar-refractivity contribution in [2.45, 2.75) is 39.5 Å². The lowest BCUT2D eigenvalue weighted by Crippen LogP contribution is -2.18. The summed E-state index contributed by atoms with van der Waals surface area (Å²) in [6.45, 7) is 6.96. The van der Waals surface area contributed by atoms with Gasteiger partial charge in [-0.1, -0.05) is 20.3 Å². The molecule has 0 aliphatic heterocycles. The maximum absolute atomic E-state index is 3.49. The molecule has 0 heterocycles. The fourth-order valence-electron chi connectivity index (χ4n) is 1.19. The highest BCUT2D eigenvalue weighted by atomic mass is 32.2. The minimum atomic E-state index is 0.837. The molecule has 0 rings (SSSR count). The second-order valence-electron chi connectivity index (χ2n) is 3.99. The fourth-order valence-corrected chi connectivity index (χ4v) is 1.68. The van der Waals surface area contributed by atoms with E-state index in [1.165, 1.54) is 44.5 Å². The summed E-state index contributed by atoms with van der Waals surface area (Å²) in [5.74, 6) is 2.16. The van der Waals surface area contributed by atoms with Crippen LogP contribution in [-0.4, -0.2) is 25.1 Å². The lowest BCUT2D eigenvalue weighted by Gasteiger charge is -2.06. The number of hydrogen-bond acceptors (Lipinski definition) is 2. The minimum Gasteiger partial charge on any atom is -0.317 e. The molecule has 0 atom stereocenters. The normalized spacial score (nSPS) is 11.1. The topological polar surface area (TPSA) is 12.0 Å². The molecule has 0 aliphatic carbocycles. The van der Waals surface area contributed by atoms with Crippen molar-refractivity contribution in [1.29, 1.82) is 0 Å². The lowest BCUT2D eigenvalue weighted by atomic mass is 10.1. The molecular weight excluding hydrogens is 178 g/mol. The molecule has 0 aliphatic rings. The Kier molecular flexibility index (Phi) is 10.6. The summed E-state index contributed by atoms with van der Waals surface area (Å²) in [5, 5.41) is 3.49. The molecule has 0 aromatic carbocycles. The Hall–Kier alpha value is 0.310. The van der Waals surface area contributed by atoms with Crippen LogP contribution >= 0.6 is 11.8 Å². The van der Waals surface area contributed by atoms with E-state index in [4.69, 9.17) is 0 Å². The Balaban J connectivity index is 2.84. The smallest absolute Gasteiger partial charge is 0.00465 e. The number of hydrogen-bond donors (Lipinski definition) is 1. The zero-order valence-corrected chi connectivity index (χ0v) is 10.3. The van der Waals surface area contributed by atoms with E-state index < -0.39 is 0 Å². The van der Waals surface area contributed by atoms with Crippen molar-refractivity contribution in [2.24, 2.45) is 5.92 Å². The molecule has 80 valence electrons. The van der Waals surface area contributed by atoms with Crippen LogP contribution in [0.15, 0.2) is 0 Å². The van der Waals surface area contributed by atoms with Gasteiger partial charge in [0, 0.05) is 0 Å². The van der Waals surface area contributed by atoms with E-state index in [0.29, 0.717) is 0 Å². The van der Waals surface area contributed by atoms with E-state index in [1.807, 2.05) is 11.8 Å². The van der Waals surface area contributed by atoms with Crippen molar-refractivity contribution in [3.63, 3.8) is 0 Å². The maximum atomic E-state index is 3.49. The summed E-state index contributed by atoms with van der Waals surface area (Å²) in [7, 11) is 0. The summed E-state index contributed by atoms with van der Waals surface area (Å²) in [5.41, 5.74) is 0. The van der Waals surface area contributed by atoms with E-state index in [2.05, 4.69) is 25.4 Å². The van der Waals surface area contributed by atoms with Crippen LogP contribution in [0.4, 0.5) is 0 Å². The van der Waals surface area contributed by atoms with Crippen LogP contribution < -0.4 is 5.32 Å². The average Bonchev–Trinajstić information content (AvgIpc) is 2.09. The monoisotopic (exact) mass is 203 g/mol. The highest BCUT2D eigenvalue weighted by Gasteiger charge is 1.93. The third-order valence-corrected chi connectivity index (χ3v) is 2.80. The number of unbranched alkanes of at least 4 members (excludes halogenated alkanes) is 2. The van der Waals surface area contributed by atoms with Gasteiger partial charge < -0.3 is 5.32 Å². The molecule has 0 saturated heterocycles. The van der Waals surface area contributed by atoms with Crippen molar-refractivity contribution in [3.05, 3.63) is 0 Å². The molecule has 0 radical (unpaired) electrons. The van der Waals surface area contributed by atoms with E-state index in [0.717, 1.165) is 5.92 Å². The van der Waals surface area contributed by atoms with E-state index in [-0.39, 0.29) is 0 Å². The van der Waals surface area contributed by atoms with Gasteiger partial charge in [0.2, 0.25) is 0 Å². The van der Waals surface area contributed by atoms with E-state index >= 15 is 0 Å². The van der Waals surface area contributed by atoms with Gasteiger partial charge in [0.25, 0.3) is 0 Å². The second-order valence-corrected chi connectivity index (χ2v) is 4.97. The first-order valence-electron chi connectivity index (χ1n) is 5.47. The van der Waals surface area contributed by atoms with Crippen molar-refractivity contribution in [1.82, 2.24) is 5.32 Å². The molecule has 1 N–H and O–H groups in total. The molecule has 0 fully saturated rings. The first kappa shape index (κ1) is 13.3. The number of rotatable bonds is 9. The predicted molar refractivity (Wildman–Crippen MR) is 64.6 cm³/mol. The molecule has 0 unspecified atom stereocenters. The van der Waals surface area contributed by atoms with E-state index in [1.54, 1.807) is 0 Å². The van der Waals surface area contributed by atoms with Crippen LogP contribution in [0, 0.1) is 5.92 Å². The predicted octanol–water partition coefficient (Wildman–Crippen LogP) is 3.16. The Morgan fingerprint density at radius 1 is 1.08 bits per heavy atom. The quantitative estimate of drug-likeness (QED) is 0.578. The summed E-state index contributed by atoms with van der Waals surface area (Å²) >= 11 is 1.95. The van der Waals surface area contributed by atoms with Crippen LogP contribution in [0.3, 0.4) is 0 Å². The molecule has 0 spiro atoms. The molecule has 0 bridgehead atoms.